The molecule has 4 rings (SSSR count). The maximum Gasteiger partial charge on any atom is 0.226 e. The highest BCUT2D eigenvalue weighted by atomic mass is 32.1. The van der Waals surface area contributed by atoms with E-state index in [-0.39, 0.29) is 0 Å². The summed E-state index contributed by atoms with van der Waals surface area (Å²) in [5.74, 6) is 0.761. The molecule has 0 aromatic carbocycles. The van der Waals surface area contributed by atoms with E-state index in [9.17, 15) is 0 Å². The van der Waals surface area contributed by atoms with E-state index in [2.05, 4.69) is 26.3 Å². The van der Waals surface area contributed by atoms with Crippen LogP contribution < -0.4 is 4.90 Å². The second-order valence-corrected chi connectivity index (χ2v) is 6.17. The van der Waals surface area contributed by atoms with E-state index in [1.54, 1.807) is 17.5 Å². The van der Waals surface area contributed by atoms with Gasteiger partial charge in [0.15, 0.2) is 0 Å². The van der Waals surface area contributed by atoms with E-state index in [0.29, 0.717) is 0 Å². The highest BCUT2D eigenvalue weighted by Crippen LogP contribution is 2.33. The van der Waals surface area contributed by atoms with Crippen molar-refractivity contribution in [2.45, 2.75) is 0 Å². The van der Waals surface area contributed by atoms with E-state index in [1.807, 2.05) is 30.5 Å². The smallest absolute Gasteiger partial charge is 0.226 e. The minimum atomic E-state index is 0.722. The second-order valence-electron chi connectivity index (χ2n) is 5.22. The Bertz CT molecular complexity index is 771. The Hall–Kier alpha value is -2.31. The Morgan fingerprint density at radius 3 is 2.70 bits per heavy atom. The molecule has 1 fully saturated rings. The summed E-state index contributed by atoms with van der Waals surface area (Å²) in [7, 11) is 0. The molecule has 1 aliphatic rings. The quantitative estimate of drug-likeness (QED) is 0.741. The average Bonchev–Trinajstić information content (AvgIpc) is 3.17. The highest BCUT2D eigenvalue weighted by molar-refractivity contribution is 7.13. The predicted molar refractivity (Wildman–Crippen MR) is 91.6 cm³/mol. The van der Waals surface area contributed by atoms with E-state index in [4.69, 9.17) is 9.72 Å². The number of rotatable bonds is 3. The second kappa shape index (κ2) is 6.44. The van der Waals surface area contributed by atoms with Gasteiger partial charge in [0.25, 0.3) is 0 Å². The SMILES string of the molecule is c1ccc(-c2cnc(N3CCOCC3)nc2-c2cccs2)nc1. The molecule has 0 aliphatic carbocycles. The number of hydrogen-bond acceptors (Lipinski definition) is 6. The summed E-state index contributed by atoms with van der Waals surface area (Å²) in [6.45, 7) is 3.10. The van der Waals surface area contributed by atoms with Gasteiger partial charge in [-0.15, -0.1) is 11.3 Å². The fraction of sp³-hybridized carbons (Fsp3) is 0.235. The molecule has 0 radical (unpaired) electrons. The van der Waals surface area contributed by atoms with Crippen LogP contribution in [0.15, 0.2) is 48.1 Å². The molecule has 3 aromatic rings. The molecule has 23 heavy (non-hydrogen) atoms. The third-order valence-electron chi connectivity index (χ3n) is 3.77. The fourth-order valence-corrected chi connectivity index (χ4v) is 3.33. The summed E-state index contributed by atoms with van der Waals surface area (Å²) in [6, 6.07) is 10.0. The molecule has 0 spiro atoms. The summed E-state index contributed by atoms with van der Waals surface area (Å²) in [5.41, 5.74) is 2.80. The van der Waals surface area contributed by atoms with Crippen LogP contribution in [0.2, 0.25) is 0 Å². The third-order valence-corrected chi connectivity index (χ3v) is 4.64. The number of ether oxygens (including phenoxy) is 1. The van der Waals surface area contributed by atoms with Crippen molar-refractivity contribution < 1.29 is 4.74 Å². The van der Waals surface area contributed by atoms with Gasteiger partial charge in [-0.1, -0.05) is 12.1 Å². The molecule has 1 aliphatic heterocycles. The van der Waals surface area contributed by atoms with Gasteiger partial charge in [0.1, 0.15) is 0 Å². The summed E-state index contributed by atoms with van der Waals surface area (Å²) in [4.78, 5) is 17.2. The molecule has 0 unspecified atom stereocenters. The highest BCUT2D eigenvalue weighted by Gasteiger charge is 2.18. The molecule has 3 aromatic heterocycles. The zero-order chi connectivity index (χ0) is 15.5. The standard InChI is InChI=1S/C17H16N4OS/c1-2-6-18-14(4-1)13-12-19-17(21-7-9-22-10-8-21)20-16(13)15-5-3-11-23-15/h1-6,11-12H,7-10H2. The molecular formula is C17H16N4OS. The van der Waals surface area contributed by atoms with Crippen LogP contribution in [0.5, 0.6) is 0 Å². The van der Waals surface area contributed by atoms with Crippen LogP contribution >= 0.6 is 11.3 Å². The summed E-state index contributed by atoms with van der Waals surface area (Å²) in [6.07, 6.45) is 3.68. The zero-order valence-electron chi connectivity index (χ0n) is 12.6. The minimum Gasteiger partial charge on any atom is -0.378 e. The maximum atomic E-state index is 5.41. The topological polar surface area (TPSA) is 51.1 Å². The fourth-order valence-electron chi connectivity index (χ4n) is 2.60. The Kier molecular flexibility index (Phi) is 4.00. The van der Waals surface area contributed by atoms with Crippen molar-refractivity contribution in [2.24, 2.45) is 0 Å². The first-order valence-electron chi connectivity index (χ1n) is 7.57. The van der Waals surface area contributed by atoms with Crippen molar-refractivity contribution in [3.63, 3.8) is 0 Å². The van der Waals surface area contributed by atoms with Gasteiger partial charge in [-0.3, -0.25) is 4.98 Å². The molecule has 4 heterocycles. The van der Waals surface area contributed by atoms with Crippen LogP contribution in [0, 0.1) is 0 Å². The molecule has 0 atom stereocenters. The number of pyridine rings is 1. The monoisotopic (exact) mass is 324 g/mol. The largest absolute Gasteiger partial charge is 0.378 e. The van der Waals surface area contributed by atoms with Crippen LogP contribution in [0.25, 0.3) is 21.8 Å². The van der Waals surface area contributed by atoms with Crippen molar-refractivity contribution in [3.8, 4) is 21.8 Å². The number of thiophene rings is 1. The van der Waals surface area contributed by atoms with Crippen molar-refractivity contribution in [1.82, 2.24) is 15.0 Å². The molecular weight excluding hydrogens is 308 g/mol. The molecule has 5 nitrogen and oxygen atoms in total. The molecule has 0 bridgehead atoms. The van der Waals surface area contributed by atoms with Crippen molar-refractivity contribution in [1.29, 1.82) is 0 Å². The number of anilines is 1. The number of morpholine rings is 1. The van der Waals surface area contributed by atoms with Crippen molar-refractivity contribution in [3.05, 3.63) is 48.1 Å². The van der Waals surface area contributed by atoms with Gasteiger partial charge in [-0.25, -0.2) is 9.97 Å². The first kappa shape index (κ1) is 14.3. The Morgan fingerprint density at radius 2 is 1.96 bits per heavy atom. The summed E-state index contributed by atoms with van der Waals surface area (Å²) < 4.78 is 5.41. The summed E-state index contributed by atoms with van der Waals surface area (Å²) in [5, 5.41) is 2.06. The lowest BCUT2D eigenvalue weighted by Crippen LogP contribution is -2.37. The molecule has 0 N–H and O–H groups in total. The van der Waals surface area contributed by atoms with E-state index >= 15 is 0 Å². The number of hydrogen-bond donors (Lipinski definition) is 0. The van der Waals surface area contributed by atoms with Gasteiger partial charge in [0.05, 0.1) is 29.5 Å². The Labute approximate surface area is 138 Å². The molecule has 1 saturated heterocycles. The van der Waals surface area contributed by atoms with Crippen LogP contribution in [0.1, 0.15) is 0 Å². The zero-order valence-corrected chi connectivity index (χ0v) is 13.4. The van der Waals surface area contributed by atoms with Gasteiger partial charge >= 0.3 is 0 Å². The van der Waals surface area contributed by atoms with Crippen molar-refractivity contribution in [2.75, 3.05) is 31.2 Å². The van der Waals surface area contributed by atoms with Crippen LogP contribution in [-0.2, 0) is 4.74 Å². The third kappa shape index (κ3) is 2.95. The lowest BCUT2D eigenvalue weighted by Gasteiger charge is -2.27. The van der Waals surface area contributed by atoms with E-state index in [0.717, 1.165) is 54.1 Å². The minimum absolute atomic E-state index is 0.722. The molecule has 116 valence electrons. The van der Waals surface area contributed by atoms with Crippen LogP contribution in [0.4, 0.5) is 5.95 Å². The van der Waals surface area contributed by atoms with E-state index < -0.39 is 0 Å². The van der Waals surface area contributed by atoms with Gasteiger partial charge in [0, 0.05) is 31.0 Å². The molecule has 0 amide bonds. The Morgan fingerprint density at radius 1 is 1.04 bits per heavy atom. The average molecular weight is 324 g/mol. The Balaban J connectivity index is 1.80. The van der Waals surface area contributed by atoms with Crippen LogP contribution in [-0.4, -0.2) is 41.3 Å². The first-order valence-corrected chi connectivity index (χ1v) is 8.45. The molecule has 6 heteroatoms. The van der Waals surface area contributed by atoms with Crippen LogP contribution in [0.3, 0.4) is 0 Å². The molecule has 0 saturated carbocycles. The lowest BCUT2D eigenvalue weighted by molar-refractivity contribution is 0.122. The van der Waals surface area contributed by atoms with Crippen molar-refractivity contribution >= 4 is 17.3 Å². The normalized spacial score (nSPS) is 14.9. The van der Waals surface area contributed by atoms with Gasteiger partial charge in [0.2, 0.25) is 5.95 Å². The van der Waals surface area contributed by atoms with E-state index in [1.165, 1.54) is 0 Å². The number of aromatic nitrogens is 3. The maximum absolute atomic E-state index is 5.41. The van der Waals surface area contributed by atoms with Gasteiger partial charge in [-0.05, 0) is 23.6 Å². The van der Waals surface area contributed by atoms with Gasteiger partial charge < -0.3 is 9.64 Å². The number of nitrogens with zero attached hydrogens (tertiary/aromatic N) is 4. The lowest BCUT2D eigenvalue weighted by atomic mass is 10.1. The first-order chi connectivity index (χ1) is 11.4. The predicted octanol–water partition coefficient (Wildman–Crippen LogP) is 3.10. The summed E-state index contributed by atoms with van der Waals surface area (Å²) >= 11 is 1.68. The van der Waals surface area contributed by atoms with Gasteiger partial charge in [-0.2, -0.15) is 0 Å².